The normalized spacial score (nSPS) is 19.7. The molecule has 0 aliphatic carbocycles. The first-order chi connectivity index (χ1) is 11.4. The molecule has 0 saturated carbocycles. The Kier molecular flexibility index (Phi) is 7.03. The molecule has 8 heteroatoms. The van der Waals surface area contributed by atoms with E-state index in [1.807, 2.05) is 0 Å². The molecule has 1 amide bonds. The Labute approximate surface area is 148 Å². The summed E-state index contributed by atoms with van der Waals surface area (Å²) in [5, 5.41) is 6.59. The van der Waals surface area contributed by atoms with E-state index in [-0.39, 0.29) is 10.8 Å². The zero-order valence-corrected chi connectivity index (χ0v) is 15.3. The lowest BCUT2D eigenvalue weighted by Crippen LogP contribution is -2.45. The van der Waals surface area contributed by atoms with Gasteiger partial charge in [-0.25, -0.2) is 8.42 Å². The quantitative estimate of drug-likeness (QED) is 0.676. The minimum absolute atomic E-state index is 0.0832. The van der Waals surface area contributed by atoms with Crippen molar-refractivity contribution in [2.24, 2.45) is 5.92 Å². The Balaban J connectivity index is 1.80. The number of carbonyl (C=O) groups excluding carboxylic acids is 1. The van der Waals surface area contributed by atoms with Gasteiger partial charge in [-0.05, 0) is 69.5 Å². The molecule has 1 aliphatic heterocycles. The molecule has 1 aromatic carbocycles. The molecular weight excluding hydrogens is 350 g/mol. The van der Waals surface area contributed by atoms with Gasteiger partial charge in [-0.15, -0.1) is 0 Å². The third-order valence-electron chi connectivity index (χ3n) is 4.10. The number of halogens is 1. The summed E-state index contributed by atoms with van der Waals surface area (Å²) in [6.45, 7) is 4.13. The SMILES string of the molecule is CC(NS(=O)(=O)c1ccc(Cl)cc1)C(=O)NCCC1CCCNC1. The molecule has 0 bridgehead atoms. The van der Waals surface area contributed by atoms with E-state index < -0.39 is 16.1 Å². The maximum atomic E-state index is 12.2. The lowest BCUT2D eigenvalue weighted by atomic mass is 9.96. The highest BCUT2D eigenvalue weighted by molar-refractivity contribution is 7.89. The predicted molar refractivity (Wildman–Crippen MR) is 94.5 cm³/mol. The van der Waals surface area contributed by atoms with Gasteiger partial charge >= 0.3 is 0 Å². The Morgan fingerprint density at radius 2 is 2.08 bits per heavy atom. The second kappa shape index (κ2) is 8.80. The summed E-state index contributed by atoms with van der Waals surface area (Å²) < 4.78 is 26.9. The number of benzene rings is 1. The highest BCUT2D eigenvalue weighted by Crippen LogP contribution is 2.15. The van der Waals surface area contributed by atoms with E-state index in [9.17, 15) is 13.2 Å². The van der Waals surface area contributed by atoms with Gasteiger partial charge in [0.25, 0.3) is 0 Å². The van der Waals surface area contributed by atoms with Crippen LogP contribution in [0, 0.1) is 5.92 Å². The van der Waals surface area contributed by atoms with E-state index in [1.54, 1.807) is 0 Å². The molecule has 6 nitrogen and oxygen atoms in total. The van der Waals surface area contributed by atoms with Crippen molar-refractivity contribution in [2.75, 3.05) is 19.6 Å². The van der Waals surface area contributed by atoms with E-state index in [1.165, 1.54) is 37.6 Å². The molecule has 1 aromatic rings. The van der Waals surface area contributed by atoms with Crippen LogP contribution >= 0.6 is 11.6 Å². The predicted octanol–water partition coefficient (Wildman–Crippen LogP) is 1.51. The number of carbonyl (C=O) groups is 1. The summed E-state index contributed by atoms with van der Waals surface area (Å²) in [7, 11) is -3.75. The number of sulfonamides is 1. The van der Waals surface area contributed by atoms with Crippen LogP contribution in [0.4, 0.5) is 0 Å². The molecule has 2 rings (SSSR count). The number of nitrogens with one attached hydrogen (secondary N) is 3. The number of piperidine rings is 1. The topological polar surface area (TPSA) is 87.3 Å². The van der Waals surface area contributed by atoms with Crippen molar-refractivity contribution in [3.8, 4) is 0 Å². The number of amides is 1. The van der Waals surface area contributed by atoms with E-state index in [4.69, 9.17) is 11.6 Å². The highest BCUT2D eigenvalue weighted by Gasteiger charge is 2.22. The minimum Gasteiger partial charge on any atom is -0.355 e. The van der Waals surface area contributed by atoms with Gasteiger partial charge in [0.2, 0.25) is 15.9 Å². The van der Waals surface area contributed by atoms with Crippen LogP contribution < -0.4 is 15.4 Å². The van der Waals surface area contributed by atoms with Crippen molar-refractivity contribution >= 4 is 27.5 Å². The van der Waals surface area contributed by atoms with Crippen molar-refractivity contribution in [1.29, 1.82) is 0 Å². The van der Waals surface area contributed by atoms with Crippen molar-refractivity contribution in [1.82, 2.24) is 15.4 Å². The number of hydrogen-bond acceptors (Lipinski definition) is 4. The molecule has 2 atom stereocenters. The van der Waals surface area contributed by atoms with Crippen molar-refractivity contribution in [2.45, 2.75) is 37.1 Å². The third-order valence-corrected chi connectivity index (χ3v) is 5.91. The lowest BCUT2D eigenvalue weighted by molar-refractivity contribution is -0.122. The molecule has 24 heavy (non-hydrogen) atoms. The Bertz CT molecular complexity index is 643. The van der Waals surface area contributed by atoms with Gasteiger partial charge in [-0.2, -0.15) is 4.72 Å². The number of rotatable bonds is 7. The summed E-state index contributed by atoms with van der Waals surface area (Å²) in [5.74, 6) is 0.247. The van der Waals surface area contributed by atoms with Gasteiger partial charge in [0.05, 0.1) is 10.9 Å². The van der Waals surface area contributed by atoms with Crippen LogP contribution in [-0.4, -0.2) is 40.0 Å². The van der Waals surface area contributed by atoms with E-state index >= 15 is 0 Å². The summed E-state index contributed by atoms with van der Waals surface area (Å²) >= 11 is 5.76. The van der Waals surface area contributed by atoms with Crippen LogP contribution in [0.5, 0.6) is 0 Å². The fourth-order valence-electron chi connectivity index (χ4n) is 2.69. The zero-order chi connectivity index (χ0) is 17.6. The molecule has 1 saturated heterocycles. The molecule has 0 spiro atoms. The fourth-order valence-corrected chi connectivity index (χ4v) is 4.02. The summed E-state index contributed by atoms with van der Waals surface area (Å²) in [5.41, 5.74) is 0. The summed E-state index contributed by atoms with van der Waals surface area (Å²) in [6.07, 6.45) is 3.23. The first-order valence-corrected chi connectivity index (χ1v) is 10.0. The van der Waals surface area contributed by atoms with Crippen molar-refractivity contribution in [3.05, 3.63) is 29.3 Å². The number of hydrogen-bond donors (Lipinski definition) is 3. The van der Waals surface area contributed by atoms with Gasteiger partial charge in [0.1, 0.15) is 0 Å². The molecule has 1 aliphatic rings. The highest BCUT2D eigenvalue weighted by atomic mass is 35.5. The molecule has 0 aromatic heterocycles. The smallest absolute Gasteiger partial charge is 0.241 e. The van der Waals surface area contributed by atoms with Crippen molar-refractivity contribution in [3.63, 3.8) is 0 Å². The van der Waals surface area contributed by atoms with Crippen LogP contribution in [0.1, 0.15) is 26.2 Å². The van der Waals surface area contributed by atoms with E-state index in [0.29, 0.717) is 17.5 Å². The average Bonchev–Trinajstić information content (AvgIpc) is 2.55. The van der Waals surface area contributed by atoms with Gasteiger partial charge in [0.15, 0.2) is 0 Å². The molecule has 0 radical (unpaired) electrons. The Morgan fingerprint density at radius 3 is 2.71 bits per heavy atom. The average molecular weight is 374 g/mol. The monoisotopic (exact) mass is 373 g/mol. The van der Waals surface area contributed by atoms with Crippen LogP contribution in [0.15, 0.2) is 29.2 Å². The largest absolute Gasteiger partial charge is 0.355 e. The fraction of sp³-hybridized carbons (Fsp3) is 0.562. The van der Waals surface area contributed by atoms with Gasteiger partial charge in [-0.1, -0.05) is 11.6 Å². The molecular formula is C16H24ClN3O3S. The van der Waals surface area contributed by atoms with Crippen LogP contribution in [0.2, 0.25) is 5.02 Å². The maximum Gasteiger partial charge on any atom is 0.241 e. The molecule has 1 heterocycles. The molecule has 2 unspecified atom stereocenters. The minimum atomic E-state index is -3.75. The summed E-state index contributed by atoms with van der Waals surface area (Å²) in [6, 6.07) is 4.98. The standard InChI is InChI=1S/C16H24ClN3O3S/c1-12(16(21)19-10-8-13-3-2-9-18-11-13)20-24(22,23)15-6-4-14(17)5-7-15/h4-7,12-13,18,20H,2-3,8-11H2,1H3,(H,19,21). The van der Waals surface area contributed by atoms with Gasteiger partial charge in [-0.3, -0.25) is 4.79 Å². The van der Waals surface area contributed by atoms with E-state index in [0.717, 1.165) is 25.9 Å². The first kappa shape index (κ1) is 19.2. The maximum absolute atomic E-state index is 12.2. The second-order valence-electron chi connectivity index (χ2n) is 6.09. The molecule has 1 fully saturated rings. The molecule has 3 N–H and O–H groups in total. The van der Waals surface area contributed by atoms with Crippen LogP contribution in [-0.2, 0) is 14.8 Å². The molecule has 134 valence electrons. The zero-order valence-electron chi connectivity index (χ0n) is 13.7. The lowest BCUT2D eigenvalue weighted by Gasteiger charge is -2.23. The first-order valence-electron chi connectivity index (χ1n) is 8.15. The van der Waals surface area contributed by atoms with Crippen molar-refractivity contribution < 1.29 is 13.2 Å². The van der Waals surface area contributed by atoms with Gasteiger partial charge in [0, 0.05) is 11.6 Å². The van der Waals surface area contributed by atoms with Gasteiger partial charge < -0.3 is 10.6 Å². The van der Waals surface area contributed by atoms with E-state index in [2.05, 4.69) is 15.4 Å². The second-order valence-corrected chi connectivity index (χ2v) is 8.24. The third kappa shape index (κ3) is 5.73. The Hall–Kier alpha value is -1.15. The Morgan fingerprint density at radius 1 is 1.38 bits per heavy atom. The van der Waals surface area contributed by atoms with Crippen LogP contribution in [0.25, 0.3) is 0 Å². The summed E-state index contributed by atoms with van der Waals surface area (Å²) in [4.78, 5) is 12.2. The van der Waals surface area contributed by atoms with Crippen LogP contribution in [0.3, 0.4) is 0 Å².